The summed E-state index contributed by atoms with van der Waals surface area (Å²) in [4.78, 5) is 12.2. The fourth-order valence-electron chi connectivity index (χ4n) is 2.02. The molecule has 0 radical (unpaired) electrons. The van der Waals surface area contributed by atoms with E-state index in [9.17, 15) is 13.6 Å². The fraction of sp³-hybridized carbons (Fsp3) is 0.167. The van der Waals surface area contributed by atoms with Crippen molar-refractivity contribution >= 4 is 17.2 Å². The van der Waals surface area contributed by atoms with Gasteiger partial charge in [0, 0.05) is 12.3 Å². The van der Waals surface area contributed by atoms with Crippen molar-refractivity contribution in [1.29, 1.82) is 0 Å². The van der Waals surface area contributed by atoms with Crippen molar-refractivity contribution in [3.05, 3.63) is 65.9 Å². The molecule has 24 heavy (non-hydrogen) atoms. The van der Waals surface area contributed by atoms with Crippen molar-refractivity contribution in [2.75, 3.05) is 19.0 Å². The number of nitrogens with one attached hydrogen (secondary N) is 1. The maximum Gasteiger partial charge on any atom is 0.340 e. The average molecular weight is 333 g/mol. The van der Waals surface area contributed by atoms with E-state index in [2.05, 4.69) is 5.32 Å². The maximum absolute atomic E-state index is 13.7. The first-order valence-electron chi connectivity index (χ1n) is 7.28. The van der Waals surface area contributed by atoms with Gasteiger partial charge < -0.3 is 14.8 Å². The zero-order valence-electron chi connectivity index (χ0n) is 13.3. The Balaban J connectivity index is 2.36. The maximum atomic E-state index is 13.7. The van der Waals surface area contributed by atoms with Crippen LogP contribution in [-0.2, 0) is 9.53 Å². The highest BCUT2D eigenvalue weighted by atomic mass is 19.1. The van der Waals surface area contributed by atoms with Crippen molar-refractivity contribution in [2.45, 2.75) is 6.92 Å². The Morgan fingerprint density at radius 1 is 1.21 bits per heavy atom. The Labute approximate surface area is 138 Å². The number of benzene rings is 2. The summed E-state index contributed by atoms with van der Waals surface area (Å²) < 4.78 is 36.8. The van der Waals surface area contributed by atoms with Gasteiger partial charge in [-0.2, -0.15) is 0 Å². The lowest BCUT2D eigenvalue weighted by molar-refractivity contribution is -0.136. The predicted molar refractivity (Wildman–Crippen MR) is 87.6 cm³/mol. The number of carbonyl (C=O) groups is 1. The number of carbonyl (C=O) groups excluding carboxylic acids is 1. The van der Waals surface area contributed by atoms with Crippen LogP contribution in [0, 0.1) is 11.6 Å². The molecular weight excluding hydrogens is 316 g/mol. The van der Waals surface area contributed by atoms with E-state index in [4.69, 9.17) is 9.47 Å². The third-order valence-electron chi connectivity index (χ3n) is 3.18. The van der Waals surface area contributed by atoms with E-state index in [1.54, 1.807) is 31.2 Å². The molecule has 6 heteroatoms. The number of methoxy groups -OCH3 is 1. The minimum absolute atomic E-state index is 0.0427. The van der Waals surface area contributed by atoms with E-state index in [0.717, 1.165) is 12.1 Å². The summed E-state index contributed by atoms with van der Waals surface area (Å²) in [6, 6.07) is 9.94. The molecule has 0 aliphatic rings. The van der Waals surface area contributed by atoms with Crippen LogP contribution in [-0.4, -0.2) is 19.7 Å². The molecule has 0 spiro atoms. The van der Waals surface area contributed by atoms with Gasteiger partial charge in [-0.15, -0.1) is 0 Å². The van der Waals surface area contributed by atoms with Gasteiger partial charge in [-0.25, -0.2) is 13.6 Å². The summed E-state index contributed by atoms with van der Waals surface area (Å²) in [6.45, 7) is 1.89. The normalized spacial score (nSPS) is 11.1. The van der Waals surface area contributed by atoms with Gasteiger partial charge in [0.1, 0.15) is 17.4 Å². The summed E-state index contributed by atoms with van der Waals surface area (Å²) in [5.41, 5.74) is 0.781. The quantitative estimate of drug-likeness (QED) is 0.641. The molecule has 0 aromatic heterocycles. The smallest absolute Gasteiger partial charge is 0.340 e. The highest BCUT2D eigenvalue weighted by Gasteiger charge is 2.14. The Bertz CT molecular complexity index is 760. The van der Waals surface area contributed by atoms with Crippen LogP contribution in [0.3, 0.4) is 0 Å². The summed E-state index contributed by atoms with van der Waals surface area (Å²) in [7, 11) is 1.51. The molecule has 2 aromatic carbocycles. The van der Waals surface area contributed by atoms with Crippen LogP contribution in [0.4, 0.5) is 14.5 Å². The van der Waals surface area contributed by atoms with Gasteiger partial charge in [-0.1, -0.05) is 12.1 Å². The van der Waals surface area contributed by atoms with Crippen molar-refractivity contribution < 1.29 is 23.0 Å². The minimum atomic E-state index is -0.764. The van der Waals surface area contributed by atoms with Crippen molar-refractivity contribution in [1.82, 2.24) is 0 Å². The highest BCUT2D eigenvalue weighted by molar-refractivity contribution is 6.16. The van der Waals surface area contributed by atoms with Gasteiger partial charge >= 0.3 is 5.97 Å². The molecule has 0 fully saturated rings. The Morgan fingerprint density at radius 3 is 2.67 bits per heavy atom. The summed E-state index contributed by atoms with van der Waals surface area (Å²) in [5, 5.41) is 2.67. The van der Waals surface area contributed by atoms with Gasteiger partial charge in [-0.3, -0.25) is 0 Å². The first kappa shape index (κ1) is 17.5. The van der Waals surface area contributed by atoms with E-state index in [1.165, 1.54) is 19.4 Å². The van der Waals surface area contributed by atoms with Crippen molar-refractivity contribution in [2.24, 2.45) is 0 Å². The highest BCUT2D eigenvalue weighted by Crippen LogP contribution is 2.22. The van der Waals surface area contributed by atoms with Crippen LogP contribution >= 0.6 is 0 Å². The molecule has 0 atom stereocenters. The molecule has 4 nitrogen and oxygen atoms in total. The summed E-state index contributed by atoms with van der Waals surface area (Å²) in [5.74, 6) is -1.45. The van der Waals surface area contributed by atoms with Gasteiger partial charge in [0.25, 0.3) is 0 Å². The molecule has 126 valence electrons. The van der Waals surface area contributed by atoms with Crippen LogP contribution in [0.2, 0.25) is 0 Å². The predicted octanol–water partition coefficient (Wildman–Crippen LogP) is 3.99. The third kappa shape index (κ3) is 4.32. The van der Waals surface area contributed by atoms with Gasteiger partial charge in [-0.05, 0) is 36.8 Å². The second kappa shape index (κ2) is 8.10. The largest absolute Gasteiger partial charge is 0.497 e. The number of halogens is 2. The number of hydrogen-bond donors (Lipinski definition) is 1. The van der Waals surface area contributed by atoms with Crippen LogP contribution in [0.5, 0.6) is 5.75 Å². The number of hydrogen-bond acceptors (Lipinski definition) is 4. The zero-order valence-corrected chi connectivity index (χ0v) is 13.3. The SMILES string of the molecule is CCOC(=O)/C(=C/Nc1ccc(F)cc1F)c1cccc(OC)c1. The Hall–Kier alpha value is -2.89. The van der Waals surface area contributed by atoms with E-state index >= 15 is 0 Å². The van der Waals surface area contributed by atoms with Crippen LogP contribution in [0.15, 0.2) is 48.7 Å². The molecule has 0 heterocycles. The number of ether oxygens (including phenoxy) is 2. The minimum Gasteiger partial charge on any atom is -0.497 e. The van der Waals surface area contributed by atoms with E-state index in [0.29, 0.717) is 11.3 Å². The topological polar surface area (TPSA) is 47.6 Å². The molecular formula is C18H17F2NO3. The van der Waals surface area contributed by atoms with Crippen molar-refractivity contribution in [3.63, 3.8) is 0 Å². The van der Waals surface area contributed by atoms with Crippen molar-refractivity contribution in [3.8, 4) is 5.75 Å². The molecule has 0 unspecified atom stereocenters. The fourth-order valence-corrected chi connectivity index (χ4v) is 2.02. The first-order chi connectivity index (χ1) is 11.5. The molecule has 0 aliphatic heterocycles. The molecule has 0 saturated heterocycles. The van der Waals surface area contributed by atoms with E-state index < -0.39 is 17.6 Å². The lowest BCUT2D eigenvalue weighted by atomic mass is 10.1. The van der Waals surface area contributed by atoms with E-state index in [1.807, 2.05) is 0 Å². The second-order valence-corrected chi connectivity index (χ2v) is 4.78. The standard InChI is InChI=1S/C18H17F2NO3/c1-3-24-18(22)15(12-5-4-6-14(9-12)23-2)11-21-17-8-7-13(19)10-16(17)20/h4-11,21H,3H2,1-2H3/b15-11+. The number of rotatable bonds is 6. The molecule has 0 aliphatic carbocycles. The molecule has 1 N–H and O–H groups in total. The second-order valence-electron chi connectivity index (χ2n) is 4.78. The summed E-state index contributed by atoms with van der Waals surface area (Å²) >= 11 is 0. The molecule has 0 saturated carbocycles. The van der Waals surface area contributed by atoms with E-state index in [-0.39, 0.29) is 17.9 Å². The molecule has 0 amide bonds. The van der Waals surface area contributed by atoms with Crippen LogP contribution in [0.1, 0.15) is 12.5 Å². The lowest BCUT2D eigenvalue weighted by Crippen LogP contribution is -2.09. The van der Waals surface area contributed by atoms with Gasteiger partial charge in [0.15, 0.2) is 0 Å². The Morgan fingerprint density at radius 2 is 2.00 bits per heavy atom. The number of esters is 1. The Kier molecular flexibility index (Phi) is 5.89. The van der Waals surface area contributed by atoms with Crippen LogP contribution in [0.25, 0.3) is 5.57 Å². The number of anilines is 1. The van der Waals surface area contributed by atoms with Gasteiger partial charge in [0.2, 0.25) is 0 Å². The average Bonchev–Trinajstić information content (AvgIpc) is 2.57. The molecule has 0 bridgehead atoms. The summed E-state index contributed by atoms with van der Waals surface area (Å²) in [6.07, 6.45) is 1.32. The van der Waals surface area contributed by atoms with Crippen LogP contribution < -0.4 is 10.1 Å². The first-order valence-corrected chi connectivity index (χ1v) is 7.28. The monoisotopic (exact) mass is 333 g/mol. The van der Waals surface area contributed by atoms with Gasteiger partial charge in [0.05, 0.1) is 25.0 Å². The molecule has 2 aromatic rings. The molecule has 2 rings (SSSR count). The lowest BCUT2D eigenvalue weighted by Gasteiger charge is -2.10. The third-order valence-corrected chi connectivity index (χ3v) is 3.18. The zero-order chi connectivity index (χ0) is 17.5.